The maximum atomic E-state index is 14.6. The summed E-state index contributed by atoms with van der Waals surface area (Å²) in [5.41, 5.74) is 6.48. The highest BCUT2D eigenvalue weighted by molar-refractivity contribution is 8.00. The zero-order chi connectivity index (χ0) is 36.1. The second-order valence-corrected chi connectivity index (χ2v) is 14.7. The number of nitrogens with one attached hydrogen (secondary N) is 1. The van der Waals surface area contributed by atoms with Gasteiger partial charge in [0.15, 0.2) is 0 Å². The first-order valence-corrected chi connectivity index (χ1v) is 18.0. The van der Waals surface area contributed by atoms with E-state index in [1.807, 2.05) is 28.6 Å². The Hall–Kier alpha value is -4.44. The van der Waals surface area contributed by atoms with Crippen molar-refractivity contribution in [1.29, 1.82) is 0 Å². The standard InChI is InChI=1S/C35H36ClFN6O7S/c1-40-8-10-41(11-9-40)31-26(30(45)23-13-21(37)14-24(36)29(23)42(31)22-6-7-22)35(49)50-16-20-17-51-33-27(32(46)43(33)28(20)34(47)48)39-25(44)12-18-4-2-3-5-19(18)15-38/h2-5,13-14,22,27,33H,6-12,15-17,38H2,1H3,(H,39,44)(H,47,48). The van der Waals surface area contributed by atoms with E-state index < -0.39 is 53.0 Å². The van der Waals surface area contributed by atoms with Crippen LogP contribution in [0.3, 0.4) is 0 Å². The van der Waals surface area contributed by atoms with Crippen molar-refractivity contribution >= 4 is 63.8 Å². The summed E-state index contributed by atoms with van der Waals surface area (Å²) in [6.07, 6.45) is 1.56. The number of anilines is 1. The normalized spacial score (nSPS) is 20.7. The topological polar surface area (TPSA) is 168 Å². The van der Waals surface area contributed by atoms with Crippen LogP contribution in [0.2, 0.25) is 5.02 Å². The number of ether oxygens (including phenoxy) is 1. The largest absolute Gasteiger partial charge is 0.477 e. The Bertz CT molecular complexity index is 2060. The zero-order valence-electron chi connectivity index (χ0n) is 27.7. The minimum absolute atomic E-state index is 0.00353. The van der Waals surface area contributed by atoms with Gasteiger partial charge in [0.1, 0.15) is 40.9 Å². The number of carboxylic acids is 1. The third-order valence-corrected chi connectivity index (χ3v) is 11.4. The van der Waals surface area contributed by atoms with E-state index in [1.54, 1.807) is 12.1 Å². The first kappa shape index (κ1) is 35.0. The number of carbonyl (C=O) groups excluding carboxylic acids is 3. The van der Waals surface area contributed by atoms with E-state index in [2.05, 4.69) is 10.2 Å². The molecule has 3 fully saturated rings. The van der Waals surface area contributed by atoms with Crippen LogP contribution in [0.15, 0.2) is 52.5 Å². The van der Waals surface area contributed by atoms with Crippen molar-refractivity contribution in [2.24, 2.45) is 5.73 Å². The molecule has 1 aliphatic carbocycles. The molecule has 2 atom stereocenters. The van der Waals surface area contributed by atoms with Crippen molar-refractivity contribution in [3.8, 4) is 0 Å². The first-order valence-electron chi connectivity index (χ1n) is 16.6. The number of nitrogens with two attached hydrogens (primary N) is 1. The summed E-state index contributed by atoms with van der Waals surface area (Å²) in [6, 6.07) is 8.42. The first-order chi connectivity index (χ1) is 24.5. The van der Waals surface area contributed by atoms with Gasteiger partial charge in [-0.05, 0) is 43.1 Å². The molecule has 0 radical (unpaired) electrons. The number of carboxylic acid groups (broad SMARTS) is 1. The van der Waals surface area contributed by atoms with Gasteiger partial charge in [-0.15, -0.1) is 11.8 Å². The molecule has 3 aliphatic heterocycles. The number of β-lactam (4-membered cyclic amide) rings is 1. The number of hydrogen-bond donors (Lipinski definition) is 3. The molecule has 4 aliphatic rings. The molecule has 51 heavy (non-hydrogen) atoms. The lowest BCUT2D eigenvalue weighted by Crippen LogP contribution is -2.70. The second kappa shape index (κ2) is 13.9. The number of benzene rings is 2. The highest BCUT2D eigenvalue weighted by atomic mass is 35.5. The molecule has 16 heteroatoms. The molecule has 1 aromatic heterocycles. The number of rotatable bonds is 10. The summed E-state index contributed by atoms with van der Waals surface area (Å²) >= 11 is 7.78. The number of aliphatic carboxylic acids is 1. The van der Waals surface area contributed by atoms with E-state index in [4.69, 9.17) is 22.1 Å². The number of amides is 2. The van der Waals surface area contributed by atoms with Gasteiger partial charge >= 0.3 is 11.9 Å². The van der Waals surface area contributed by atoms with Crippen molar-refractivity contribution in [3.63, 3.8) is 0 Å². The molecule has 2 unspecified atom stereocenters. The Morgan fingerprint density at radius 3 is 2.47 bits per heavy atom. The average Bonchev–Trinajstić information content (AvgIpc) is 3.95. The maximum Gasteiger partial charge on any atom is 0.352 e. The molecule has 1 saturated carbocycles. The Labute approximate surface area is 301 Å². The van der Waals surface area contributed by atoms with Crippen LogP contribution < -0.4 is 21.4 Å². The number of piperazine rings is 1. The van der Waals surface area contributed by atoms with Crippen molar-refractivity contribution in [2.45, 2.75) is 43.3 Å². The molecule has 7 rings (SSSR count). The number of pyridine rings is 1. The SMILES string of the molecule is CN1CCN(c2c(C(=O)OCC3=C(C(=O)O)N4C(=O)C(NC(=O)Cc5ccccc5CN)C4SC3)c(=O)c3cc(F)cc(Cl)c3n2C2CC2)CC1. The van der Waals surface area contributed by atoms with Crippen molar-refractivity contribution in [1.82, 2.24) is 19.7 Å². The number of hydrogen-bond acceptors (Lipinski definition) is 10. The van der Waals surface area contributed by atoms with Gasteiger partial charge in [0.25, 0.3) is 5.91 Å². The third-order valence-electron chi connectivity index (χ3n) is 9.74. The Kier molecular flexibility index (Phi) is 9.56. The van der Waals surface area contributed by atoms with Crippen LogP contribution in [0.5, 0.6) is 0 Å². The van der Waals surface area contributed by atoms with Crippen LogP contribution in [0.4, 0.5) is 10.2 Å². The number of esters is 1. The van der Waals surface area contributed by atoms with Crippen molar-refractivity contribution < 1.29 is 33.4 Å². The summed E-state index contributed by atoms with van der Waals surface area (Å²) in [7, 11) is 1.97. The van der Waals surface area contributed by atoms with Crippen LogP contribution in [0.1, 0.15) is 40.4 Å². The number of thioether (sulfide) groups is 1. The molecule has 13 nitrogen and oxygen atoms in total. The number of halogens is 2. The number of aromatic nitrogens is 1. The van der Waals surface area contributed by atoms with Gasteiger partial charge < -0.3 is 35.3 Å². The van der Waals surface area contributed by atoms with E-state index in [1.165, 1.54) is 11.8 Å². The quantitative estimate of drug-likeness (QED) is 0.207. The molecule has 2 saturated heterocycles. The zero-order valence-corrected chi connectivity index (χ0v) is 29.3. The lowest BCUT2D eigenvalue weighted by atomic mass is 10.0. The molecule has 0 spiro atoms. The molecular formula is C35H36ClFN6O7S. The van der Waals surface area contributed by atoms with Crippen LogP contribution in [-0.2, 0) is 32.1 Å². The number of nitrogens with zero attached hydrogens (tertiary/aromatic N) is 4. The van der Waals surface area contributed by atoms with Crippen molar-refractivity contribution in [2.75, 3.05) is 50.5 Å². The molecule has 4 heterocycles. The average molecular weight is 739 g/mol. The minimum Gasteiger partial charge on any atom is -0.477 e. The smallest absolute Gasteiger partial charge is 0.352 e. The molecule has 0 bridgehead atoms. The minimum atomic E-state index is -1.40. The van der Waals surface area contributed by atoms with E-state index in [9.17, 15) is 33.5 Å². The second-order valence-electron chi connectivity index (χ2n) is 13.1. The Morgan fingerprint density at radius 2 is 1.80 bits per heavy atom. The lowest BCUT2D eigenvalue weighted by Gasteiger charge is -2.49. The van der Waals surface area contributed by atoms with Crippen LogP contribution in [0.25, 0.3) is 10.9 Å². The molecule has 268 valence electrons. The number of carbonyl (C=O) groups is 4. The monoisotopic (exact) mass is 738 g/mol. The Balaban J connectivity index is 1.16. The summed E-state index contributed by atoms with van der Waals surface area (Å²) in [5, 5.41) is 12.3. The maximum absolute atomic E-state index is 14.6. The van der Waals surface area contributed by atoms with Gasteiger partial charge in [-0.3, -0.25) is 19.3 Å². The van der Waals surface area contributed by atoms with Gasteiger partial charge in [0.05, 0.1) is 22.3 Å². The molecular weight excluding hydrogens is 703 g/mol. The fourth-order valence-electron chi connectivity index (χ4n) is 6.99. The summed E-state index contributed by atoms with van der Waals surface area (Å²) in [5.74, 6) is -3.69. The summed E-state index contributed by atoms with van der Waals surface area (Å²) < 4.78 is 22.2. The number of fused-ring (bicyclic) bond motifs is 2. The van der Waals surface area contributed by atoms with Crippen LogP contribution in [0, 0.1) is 5.82 Å². The van der Waals surface area contributed by atoms with Crippen LogP contribution >= 0.6 is 23.4 Å². The van der Waals surface area contributed by atoms with E-state index in [0.717, 1.165) is 41.0 Å². The van der Waals surface area contributed by atoms with Gasteiger partial charge in [-0.1, -0.05) is 35.9 Å². The Morgan fingerprint density at radius 1 is 1.10 bits per heavy atom. The predicted molar refractivity (Wildman–Crippen MR) is 189 cm³/mol. The number of likely N-dealkylation sites (N-methyl/N-ethyl adjacent to an activating group) is 1. The fourth-order valence-corrected chi connectivity index (χ4v) is 8.62. The summed E-state index contributed by atoms with van der Waals surface area (Å²) in [4.78, 5) is 71.9. The molecule has 2 aromatic carbocycles. The van der Waals surface area contributed by atoms with Gasteiger partial charge in [-0.25, -0.2) is 14.0 Å². The van der Waals surface area contributed by atoms with E-state index in [-0.39, 0.29) is 52.0 Å². The van der Waals surface area contributed by atoms with Crippen LogP contribution in [-0.4, -0.2) is 100 Å². The molecule has 3 aromatic rings. The van der Waals surface area contributed by atoms with Gasteiger partial charge in [-0.2, -0.15) is 0 Å². The van der Waals surface area contributed by atoms with E-state index in [0.29, 0.717) is 37.5 Å². The van der Waals surface area contributed by atoms with Crippen molar-refractivity contribution in [3.05, 3.63) is 85.4 Å². The lowest BCUT2D eigenvalue weighted by molar-refractivity contribution is -0.150. The summed E-state index contributed by atoms with van der Waals surface area (Å²) in [6.45, 7) is 2.09. The van der Waals surface area contributed by atoms with Gasteiger partial charge in [0, 0.05) is 50.1 Å². The third kappa shape index (κ3) is 6.47. The fraction of sp³-hybridized carbons (Fsp3) is 0.400. The predicted octanol–water partition coefficient (Wildman–Crippen LogP) is 2.48. The van der Waals surface area contributed by atoms with Gasteiger partial charge in [0.2, 0.25) is 11.3 Å². The molecule has 2 amide bonds. The highest BCUT2D eigenvalue weighted by Crippen LogP contribution is 2.44. The molecule has 4 N–H and O–H groups in total. The van der Waals surface area contributed by atoms with E-state index >= 15 is 0 Å². The highest BCUT2D eigenvalue weighted by Gasteiger charge is 2.54.